The molecule has 0 aliphatic carbocycles. The number of nitrogens with zero attached hydrogens (tertiary/aromatic N) is 3. The molecular weight excluding hydrogens is 246 g/mol. The number of aryl methyl sites for hydroxylation is 1. The van der Waals surface area contributed by atoms with Gasteiger partial charge in [-0.1, -0.05) is 11.2 Å². The minimum absolute atomic E-state index is 0.263. The molecule has 98 valence electrons. The first-order chi connectivity index (χ1) is 9.19. The number of hydrogen-bond donors (Lipinski definition) is 2. The van der Waals surface area contributed by atoms with E-state index in [4.69, 9.17) is 4.52 Å². The van der Waals surface area contributed by atoms with Crippen LogP contribution in [-0.4, -0.2) is 27.6 Å². The molecule has 1 amide bonds. The van der Waals surface area contributed by atoms with E-state index >= 15 is 0 Å². The predicted molar refractivity (Wildman–Crippen MR) is 69.1 cm³/mol. The second-order valence-corrected chi connectivity index (χ2v) is 3.73. The van der Waals surface area contributed by atoms with Crippen molar-refractivity contribution < 1.29 is 9.32 Å². The van der Waals surface area contributed by atoms with E-state index in [1.807, 2.05) is 0 Å². The number of aromatic nitrogens is 3. The molecule has 2 aromatic rings. The van der Waals surface area contributed by atoms with Gasteiger partial charge in [-0.3, -0.25) is 4.79 Å². The average Bonchev–Trinajstić information content (AvgIpc) is 2.81. The molecule has 2 rings (SSSR count). The van der Waals surface area contributed by atoms with Crippen molar-refractivity contribution in [2.45, 2.75) is 6.92 Å². The molecule has 0 aliphatic rings. The van der Waals surface area contributed by atoms with Gasteiger partial charge in [-0.25, -0.2) is 9.97 Å². The van der Waals surface area contributed by atoms with E-state index in [0.717, 1.165) is 0 Å². The van der Waals surface area contributed by atoms with Gasteiger partial charge in [-0.15, -0.1) is 6.58 Å². The summed E-state index contributed by atoms with van der Waals surface area (Å²) in [4.78, 5) is 19.6. The van der Waals surface area contributed by atoms with Gasteiger partial charge in [0, 0.05) is 18.7 Å². The molecule has 0 fully saturated rings. The van der Waals surface area contributed by atoms with Crippen LogP contribution in [0.5, 0.6) is 0 Å². The third-order valence-corrected chi connectivity index (χ3v) is 2.19. The van der Waals surface area contributed by atoms with Crippen LogP contribution in [0, 0.1) is 6.92 Å². The molecule has 0 saturated heterocycles. The van der Waals surface area contributed by atoms with Crippen molar-refractivity contribution in [3.8, 4) is 0 Å². The molecule has 0 atom stereocenters. The molecule has 0 unspecified atom stereocenters. The highest BCUT2D eigenvalue weighted by Crippen LogP contribution is 2.14. The van der Waals surface area contributed by atoms with Gasteiger partial charge in [0.25, 0.3) is 5.91 Å². The van der Waals surface area contributed by atoms with Gasteiger partial charge in [-0.05, 0) is 6.92 Å². The van der Waals surface area contributed by atoms with Crippen LogP contribution >= 0.6 is 0 Å². The summed E-state index contributed by atoms with van der Waals surface area (Å²) in [5.74, 6) is 1.38. The Balaban J connectivity index is 2.10. The lowest BCUT2D eigenvalue weighted by Gasteiger charge is -2.04. The Kier molecular flexibility index (Phi) is 3.87. The van der Waals surface area contributed by atoms with E-state index in [1.54, 1.807) is 19.1 Å². The smallest absolute Gasteiger partial charge is 0.270 e. The normalized spacial score (nSPS) is 9.95. The van der Waals surface area contributed by atoms with Crippen molar-refractivity contribution in [3.63, 3.8) is 0 Å². The van der Waals surface area contributed by atoms with Crippen LogP contribution in [0.3, 0.4) is 0 Å². The Morgan fingerprint density at radius 1 is 1.42 bits per heavy atom. The van der Waals surface area contributed by atoms with Crippen LogP contribution in [0.1, 0.15) is 16.2 Å². The number of rotatable bonds is 5. The quantitative estimate of drug-likeness (QED) is 0.789. The van der Waals surface area contributed by atoms with Crippen LogP contribution in [0.4, 0.5) is 11.6 Å². The number of anilines is 2. The molecule has 2 heterocycles. The van der Waals surface area contributed by atoms with Crippen LogP contribution in [0.25, 0.3) is 0 Å². The molecule has 0 saturated carbocycles. The fourth-order valence-electron chi connectivity index (χ4n) is 1.36. The maximum atomic E-state index is 11.7. The maximum absolute atomic E-state index is 11.7. The first kappa shape index (κ1) is 12.7. The monoisotopic (exact) mass is 259 g/mol. The first-order valence-corrected chi connectivity index (χ1v) is 5.60. The van der Waals surface area contributed by atoms with Crippen molar-refractivity contribution in [2.75, 3.05) is 11.9 Å². The Labute approximate surface area is 109 Å². The van der Waals surface area contributed by atoms with Gasteiger partial charge in [-0.2, -0.15) is 0 Å². The van der Waals surface area contributed by atoms with Crippen molar-refractivity contribution in [1.29, 1.82) is 0 Å². The zero-order valence-electron chi connectivity index (χ0n) is 10.4. The highest BCUT2D eigenvalue weighted by atomic mass is 16.5. The van der Waals surface area contributed by atoms with E-state index in [2.05, 4.69) is 32.3 Å². The molecule has 19 heavy (non-hydrogen) atoms. The van der Waals surface area contributed by atoms with E-state index in [1.165, 1.54) is 12.4 Å². The Bertz CT molecular complexity index is 593. The minimum Gasteiger partial charge on any atom is -0.360 e. The lowest BCUT2D eigenvalue weighted by Crippen LogP contribution is -2.24. The molecule has 0 radical (unpaired) electrons. The number of carbonyl (C=O) groups excluding carboxylic acids is 1. The van der Waals surface area contributed by atoms with Gasteiger partial charge in [0.15, 0.2) is 5.82 Å². The van der Waals surface area contributed by atoms with Crippen molar-refractivity contribution >= 4 is 17.5 Å². The fraction of sp³-hybridized carbons (Fsp3) is 0.167. The Hall–Kier alpha value is -2.70. The topological polar surface area (TPSA) is 92.9 Å². The molecule has 7 nitrogen and oxygen atoms in total. The summed E-state index contributed by atoms with van der Waals surface area (Å²) in [7, 11) is 0. The van der Waals surface area contributed by atoms with Crippen LogP contribution < -0.4 is 10.6 Å². The summed E-state index contributed by atoms with van der Waals surface area (Å²) in [5.41, 5.74) is 0.263. The highest BCUT2D eigenvalue weighted by Gasteiger charge is 2.08. The Morgan fingerprint density at radius 3 is 2.95 bits per heavy atom. The number of hydrogen-bond acceptors (Lipinski definition) is 6. The zero-order chi connectivity index (χ0) is 13.7. The molecule has 7 heteroatoms. The van der Waals surface area contributed by atoms with Crippen molar-refractivity contribution in [3.05, 3.63) is 42.6 Å². The molecule has 0 aliphatic heterocycles. The summed E-state index contributed by atoms with van der Waals surface area (Å²) < 4.78 is 4.92. The van der Waals surface area contributed by atoms with Gasteiger partial charge in [0.1, 0.15) is 23.6 Å². The Morgan fingerprint density at radius 2 is 2.26 bits per heavy atom. The zero-order valence-corrected chi connectivity index (χ0v) is 10.4. The van der Waals surface area contributed by atoms with Crippen LogP contribution in [-0.2, 0) is 0 Å². The molecule has 0 aromatic carbocycles. The van der Waals surface area contributed by atoms with Crippen LogP contribution in [0.2, 0.25) is 0 Å². The largest absolute Gasteiger partial charge is 0.360 e. The molecule has 0 spiro atoms. The molecular formula is C12H13N5O2. The maximum Gasteiger partial charge on any atom is 0.270 e. The second-order valence-electron chi connectivity index (χ2n) is 3.73. The third kappa shape index (κ3) is 3.38. The van der Waals surface area contributed by atoms with Crippen molar-refractivity contribution in [2.24, 2.45) is 0 Å². The highest BCUT2D eigenvalue weighted by molar-refractivity contribution is 5.93. The summed E-state index contributed by atoms with van der Waals surface area (Å²) in [6.07, 6.45) is 2.90. The molecule has 2 aromatic heterocycles. The van der Waals surface area contributed by atoms with Crippen LogP contribution in [0.15, 0.2) is 35.6 Å². The lowest BCUT2D eigenvalue weighted by molar-refractivity contribution is 0.0953. The summed E-state index contributed by atoms with van der Waals surface area (Å²) in [6.45, 7) is 5.69. The van der Waals surface area contributed by atoms with E-state index in [-0.39, 0.29) is 11.6 Å². The predicted octanol–water partition coefficient (Wildman–Crippen LogP) is 1.43. The molecule has 2 N–H and O–H groups in total. The summed E-state index contributed by atoms with van der Waals surface area (Å²) >= 11 is 0. The van der Waals surface area contributed by atoms with E-state index < -0.39 is 0 Å². The SMILES string of the molecule is C=CCNC(=O)c1cc(Nc2cc(C)on2)ncn1. The lowest BCUT2D eigenvalue weighted by atomic mass is 10.3. The number of carbonyl (C=O) groups is 1. The van der Waals surface area contributed by atoms with E-state index in [0.29, 0.717) is 23.9 Å². The average molecular weight is 259 g/mol. The van der Waals surface area contributed by atoms with Gasteiger partial charge < -0.3 is 15.2 Å². The van der Waals surface area contributed by atoms with Gasteiger partial charge >= 0.3 is 0 Å². The number of nitrogens with one attached hydrogen (secondary N) is 2. The van der Waals surface area contributed by atoms with Gasteiger partial charge in [0.2, 0.25) is 0 Å². The van der Waals surface area contributed by atoms with E-state index in [9.17, 15) is 4.79 Å². The number of amides is 1. The minimum atomic E-state index is -0.290. The van der Waals surface area contributed by atoms with Gasteiger partial charge in [0.05, 0.1) is 0 Å². The summed E-state index contributed by atoms with van der Waals surface area (Å²) in [5, 5.41) is 9.33. The standard InChI is InChI=1S/C12H13N5O2/c1-3-4-13-12(18)9-6-10(15-7-14-9)16-11-5-8(2)19-17-11/h3,5-7H,1,4H2,2H3,(H,13,18)(H,14,15,16,17). The molecule has 0 bridgehead atoms. The first-order valence-electron chi connectivity index (χ1n) is 5.60. The summed E-state index contributed by atoms with van der Waals surface area (Å²) in [6, 6.07) is 3.25. The third-order valence-electron chi connectivity index (χ3n) is 2.19. The second kappa shape index (κ2) is 5.76. The van der Waals surface area contributed by atoms with Crippen molar-refractivity contribution in [1.82, 2.24) is 20.4 Å². The fourth-order valence-corrected chi connectivity index (χ4v) is 1.36.